The second-order valence-corrected chi connectivity index (χ2v) is 3.41. The van der Waals surface area contributed by atoms with Gasteiger partial charge in [-0.3, -0.25) is 9.59 Å². The summed E-state index contributed by atoms with van der Waals surface area (Å²) >= 11 is 0. The Hall–Kier alpha value is 2.21. The van der Waals surface area contributed by atoms with E-state index in [0.717, 1.165) is 38.5 Å². The van der Waals surface area contributed by atoms with Crippen molar-refractivity contribution in [2.24, 2.45) is 0 Å². The number of rotatable bonds is 9. The van der Waals surface area contributed by atoms with Crippen LogP contribution in [-0.2, 0) is 9.59 Å². The van der Waals surface area contributed by atoms with Gasteiger partial charge in [-0.25, -0.2) is 0 Å². The Labute approximate surface area is 182 Å². The van der Waals surface area contributed by atoms with Crippen molar-refractivity contribution in [1.82, 2.24) is 0 Å². The monoisotopic (exact) mass is 280 g/mol. The van der Waals surface area contributed by atoms with Gasteiger partial charge < -0.3 is 10.2 Å². The maximum atomic E-state index is 10.1. The van der Waals surface area contributed by atoms with E-state index in [4.69, 9.17) is 10.2 Å². The zero-order valence-electron chi connectivity index (χ0n) is 10.4. The molecule has 0 spiro atoms. The van der Waals surface area contributed by atoms with Crippen molar-refractivity contribution in [2.75, 3.05) is 0 Å². The first-order valence-electron chi connectivity index (χ1n) is 5.06. The summed E-state index contributed by atoms with van der Waals surface area (Å²) in [6.45, 7) is 0. The van der Waals surface area contributed by atoms with E-state index in [1.165, 1.54) is 0 Å². The van der Waals surface area contributed by atoms with Crippen LogP contribution < -0.4 is 0 Å². The predicted molar refractivity (Wildman–Crippen MR) is 63.7 cm³/mol. The number of hydrogen-bond acceptors (Lipinski definition) is 2. The third-order valence-electron chi connectivity index (χ3n) is 2.03. The molecule has 0 aliphatic heterocycles. The Morgan fingerprint density at radius 3 is 1.12 bits per heavy atom. The van der Waals surface area contributed by atoms with Crippen molar-refractivity contribution in [3.63, 3.8) is 0 Å². The van der Waals surface area contributed by atoms with E-state index in [-0.39, 0.29) is 116 Å². The Bertz CT molecular complexity index is 166. The quantitative estimate of drug-likeness (QED) is 0.496. The SMILES string of the molecule is O=C(O)CCCCCCCCC(=O)O.[K].[K]. The van der Waals surface area contributed by atoms with Gasteiger partial charge >= 0.3 is 11.9 Å². The maximum Gasteiger partial charge on any atom is 0.303 e. The molecular weight excluding hydrogens is 262 g/mol. The Balaban J connectivity index is -0.000000845. The zero-order chi connectivity index (χ0) is 10.8. The first-order valence-corrected chi connectivity index (χ1v) is 5.06. The van der Waals surface area contributed by atoms with Gasteiger partial charge in [0.2, 0.25) is 0 Å². The smallest absolute Gasteiger partial charge is 0.303 e. The molecule has 0 saturated heterocycles. The van der Waals surface area contributed by atoms with Gasteiger partial charge in [0.1, 0.15) is 0 Å². The van der Waals surface area contributed by atoms with Crippen LogP contribution in [0.4, 0.5) is 0 Å². The van der Waals surface area contributed by atoms with Gasteiger partial charge in [0, 0.05) is 116 Å². The third kappa shape index (κ3) is 21.5. The third-order valence-corrected chi connectivity index (χ3v) is 2.03. The Morgan fingerprint density at radius 2 is 0.875 bits per heavy atom. The molecule has 0 aromatic carbocycles. The topological polar surface area (TPSA) is 74.6 Å². The van der Waals surface area contributed by atoms with Crippen LogP contribution in [0, 0.1) is 0 Å². The van der Waals surface area contributed by atoms with Crippen LogP contribution in [0.1, 0.15) is 51.4 Å². The van der Waals surface area contributed by atoms with Crippen molar-refractivity contribution < 1.29 is 19.8 Å². The largest absolute Gasteiger partial charge is 0.481 e. The molecule has 2 radical (unpaired) electrons. The van der Waals surface area contributed by atoms with Crippen LogP contribution in [-0.4, -0.2) is 125 Å². The normalized spacial score (nSPS) is 8.75. The minimum atomic E-state index is -0.740. The second kappa shape index (κ2) is 17.2. The van der Waals surface area contributed by atoms with Crippen LogP contribution in [0.5, 0.6) is 0 Å². The van der Waals surface area contributed by atoms with Crippen LogP contribution in [0.15, 0.2) is 0 Å². The second-order valence-electron chi connectivity index (χ2n) is 3.41. The van der Waals surface area contributed by atoms with E-state index in [2.05, 4.69) is 0 Å². The van der Waals surface area contributed by atoms with E-state index in [1.807, 2.05) is 0 Å². The van der Waals surface area contributed by atoms with Crippen LogP contribution in [0.3, 0.4) is 0 Å². The molecule has 0 saturated carbocycles. The Morgan fingerprint density at radius 1 is 0.625 bits per heavy atom. The average Bonchev–Trinajstić information content (AvgIpc) is 2.08. The van der Waals surface area contributed by atoms with E-state index >= 15 is 0 Å². The summed E-state index contributed by atoms with van der Waals surface area (Å²) in [5.41, 5.74) is 0. The van der Waals surface area contributed by atoms with Gasteiger partial charge in [-0.15, -0.1) is 0 Å². The van der Waals surface area contributed by atoms with Gasteiger partial charge in [-0.1, -0.05) is 25.7 Å². The van der Waals surface area contributed by atoms with E-state index in [0.29, 0.717) is 0 Å². The fourth-order valence-corrected chi connectivity index (χ4v) is 1.26. The molecule has 0 amide bonds. The Kier molecular flexibility index (Phi) is 25.1. The molecule has 6 heteroatoms. The number of unbranched alkanes of at least 4 members (excludes halogenated alkanes) is 5. The summed E-state index contributed by atoms with van der Waals surface area (Å²) in [7, 11) is 0. The molecule has 0 aliphatic rings. The minimum Gasteiger partial charge on any atom is -0.481 e. The average molecular weight is 280 g/mol. The van der Waals surface area contributed by atoms with Crippen molar-refractivity contribution >= 4 is 115 Å². The number of carbonyl (C=O) groups is 2. The molecular formula is C10H18K2O4. The van der Waals surface area contributed by atoms with E-state index in [9.17, 15) is 9.59 Å². The summed E-state index contributed by atoms with van der Waals surface area (Å²) in [6, 6.07) is 0. The number of carboxylic acids is 2. The first-order chi connectivity index (χ1) is 6.63. The molecule has 0 aromatic rings. The fourth-order valence-electron chi connectivity index (χ4n) is 1.26. The van der Waals surface area contributed by atoms with Crippen LogP contribution >= 0.6 is 0 Å². The molecule has 0 heterocycles. The van der Waals surface area contributed by atoms with Gasteiger partial charge in [0.25, 0.3) is 0 Å². The van der Waals surface area contributed by atoms with Gasteiger partial charge in [-0.05, 0) is 12.8 Å². The molecule has 0 aromatic heterocycles. The van der Waals surface area contributed by atoms with E-state index in [1.54, 1.807) is 0 Å². The first kappa shape index (κ1) is 23.3. The molecule has 0 unspecified atom stereocenters. The number of aliphatic carboxylic acids is 2. The van der Waals surface area contributed by atoms with Crippen LogP contribution in [0.2, 0.25) is 0 Å². The molecule has 0 fully saturated rings. The molecule has 0 bridgehead atoms. The van der Waals surface area contributed by atoms with Crippen molar-refractivity contribution in [3.8, 4) is 0 Å². The molecule has 84 valence electrons. The van der Waals surface area contributed by atoms with Gasteiger partial charge in [-0.2, -0.15) is 0 Å². The van der Waals surface area contributed by atoms with Crippen molar-refractivity contribution in [3.05, 3.63) is 0 Å². The summed E-state index contributed by atoms with van der Waals surface area (Å²) < 4.78 is 0. The molecule has 4 nitrogen and oxygen atoms in total. The van der Waals surface area contributed by atoms with Gasteiger partial charge in [0.05, 0.1) is 0 Å². The molecule has 2 N–H and O–H groups in total. The molecule has 0 aliphatic carbocycles. The number of carboxylic acid groups (broad SMARTS) is 2. The predicted octanol–water partition coefficient (Wildman–Crippen LogP) is 1.51. The number of hydrogen-bond donors (Lipinski definition) is 2. The summed E-state index contributed by atoms with van der Waals surface area (Å²) in [4.78, 5) is 20.3. The van der Waals surface area contributed by atoms with Crippen molar-refractivity contribution in [1.29, 1.82) is 0 Å². The standard InChI is InChI=1S/C10H18O4.2K/c11-9(12)7-5-3-1-2-4-6-8-10(13)14;;/h1-8H2,(H,11,12)(H,13,14);;. The molecule has 0 atom stereocenters. The van der Waals surface area contributed by atoms with E-state index < -0.39 is 11.9 Å². The summed E-state index contributed by atoms with van der Waals surface area (Å²) in [5, 5.41) is 16.7. The zero-order valence-corrected chi connectivity index (χ0v) is 16.6. The summed E-state index contributed by atoms with van der Waals surface area (Å²) in [6.07, 6.45) is 5.82. The summed E-state index contributed by atoms with van der Waals surface area (Å²) in [5.74, 6) is -1.48. The van der Waals surface area contributed by atoms with Gasteiger partial charge in [0.15, 0.2) is 0 Å². The minimum absolute atomic E-state index is 0. The molecule has 16 heavy (non-hydrogen) atoms. The van der Waals surface area contributed by atoms with Crippen LogP contribution in [0.25, 0.3) is 0 Å². The fraction of sp³-hybridized carbons (Fsp3) is 0.800. The molecule has 0 rings (SSSR count). The van der Waals surface area contributed by atoms with Crippen molar-refractivity contribution in [2.45, 2.75) is 51.4 Å². The maximum absolute atomic E-state index is 10.1.